The third-order valence-electron chi connectivity index (χ3n) is 2.43. The molecule has 0 spiro atoms. The van der Waals surface area contributed by atoms with E-state index >= 15 is 0 Å². The molecule has 0 aliphatic heterocycles. The van der Waals surface area contributed by atoms with Crippen molar-refractivity contribution in [3.63, 3.8) is 0 Å². The summed E-state index contributed by atoms with van der Waals surface area (Å²) in [6.45, 7) is 2.09. The van der Waals surface area contributed by atoms with E-state index in [1.54, 1.807) is 12.1 Å². The fourth-order valence-corrected chi connectivity index (χ4v) is 2.37. The van der Waals surface area contributed by atoms with Gasteiger partial charge in [-0.1, -0.05) is 36.2 Å². The van der Waals surface area contributed by atoms with Crippen LogP contribution in [0.25, 0.3) is 0 Å². The first-order valence-electron chi connectivity index (χ1n) is 5.84. The van der Waals surface area contributed by atoms with Crippen molar-refractivity contribution in [2.24, 2.45) is 0 Å². The number of rotatable bonds is 4. The number of halogens is 3. The maximum Gasteiger partial charge on any atom is 0.135 e. The van der Waals surface area contributed by atoms with E-state index in [2.05, 4.69) is 38.1 Å². The Kier molecular flexibility index (Phi) is 5.02. The van der Waals surface area contributed by atoms with Crippen molar-refractivity contribution >= 4 is 50.6 Å². The van der Waals surface area contributed by atoms with Crippen molar-refractivity contribution in [3.8, 4) is 0 Å². The molecule has 100 valence electrons. The molecule has 0 aliphatic carbocycles. The van der Waals surface area contributed by atoms with E-state index < -0.39 is 0 Å². The van der Waals surface area contributed by atoms with Crippen molar-refractivity contribution in [3.05, 3.63) is 44.7 Å². The van der Waals surface area contributed by atoms with Gasteiger partial charge in [0, 0.05) is 12.5 Å². The van der Waals surface area contributed by atoms with Gasteiger partial charge in [-0.2, -0.15) is 0 Å². The Bertz CT molecular complexity index is 590. The molecule has 0 saturated carbocycles. The van der Waals surface area contributed by atoms with Crippen LogP contribution in [0.3, 0.4) is 0 Å². The molecule has 1 N–H and O–H groups in total. The lowest BCUT2D eigenvalue weighted by molar-refractivity contribution is 0.831. The first-order chi connectivity index (χ1) is 9.10. The number of aryl methyl sites for hydroxylation is 1. The molecule has 6 heteroatoms. The molecule has 0 aliphatic rings. The highest BCUT2D eigenvalue weighted by Crippen LogP contribution is 2.31. The van der Waals surface area contributed by atoms with Crippen LogP contribution in [-0.2, 0) is 6.42 Å². The van der Waals surface area contributed by atoms with Crippen LogP contribution in [0.4, 0.5) is 11.5 Å². The summed E-state index contributed by atoms with van der Waals surface area (Å²) in [5.74, 6) is 1.48. The van der Waals surface area contributed by atoms with Gasteiger partial charge in [-0.25, -0.2) is 9.97 Å². The van der Waals surface area contributed by atoms with Crippen LogP contribution in [0.5, 0.6) is 0 Å². The van der Waals surface area contributed by atoms with Gasteiger partial charge in [0.2, 0.25) is 0 Å². The Hall–Kier alpha value is -0.840. The highest BCUT2D eigenvalue weighted by Gasteiger charge is 2.07. The number of hydrogen-bond donors (Lipinski definition) is 1. The summed E-state index contributed by atoms with van der Waals surface area (Å²) in [6, 6.07) is 7.23. The van der Waals surface area contributed by atoms with Crippen LogP contribution in [0.1, 0.15) is 19.2 Å². The van der Waals surface area contributed by atoms with Crippen molar-refractivity contribution < 1.29 is 0 Å². The zero-order valence-electron chi connectivity index (χ0n) is 10.3. The minimum absolute atomic E-state index is 0.482. The molecule has 2 aromatic rings. The van der Waals surface area contributed by atoms with Gasteiger partial charge in [-0.05, 0) is 34.5 Å². The first kappa shape index (κ1) is 14.6. The number of nitrogens with zero attached hydrogens (tertiary/aromatic N) is 2. The molecule has 3 nitrogen and oxygen atoms in total. The average Bonchev–Trinajstić information content (AvgIpc) is 2.35. The number of aromatic nitrogens is 2. The zero-order chi connectivity index (χ0) is 13.8. The van der Waals surface area contributed by atoms with Crippen LogP contribution in [0, 0.1) is 0 Å². The second-order valence-corrected chi connectivity index (χ2v) is 5.57. The molecule has 0 atom stereocenters. The average molecular weight is 361 g/mol. The maximum atomic E-state index is 6.13. The van der Waals surface area contributed by atoms with Gasteiger partial charge >= 0.3 is 0 Å². The Labute approximate surface area is 130 Å². The van der Waals surface area contributed by atoms with E-state index in [1.807, 2.05) is 12.1 Å². The van der Waals surface area contributed by atoms with Gasteiger partial charge < -0.3 is 5.32 Å². The van der Waals surface area contributed by atoms with E-state index in [1.165, 1.54) is 0 Å². The normalized spacial score (nSPS) is 10.5. The maximum absolute atomic E-state index is 6.13. The van der Waals surface area contributed by atoms with Crippen molar-refractivity contribution in [1.29, 1.82) is 0 Å². The summed E-state index contributed by atoms with van der Waals surface area (Å²) in [6.07, 6.45) is 1.82. The Morgan fingerprint density at radius 3 is 2.79 bits per heavy atom. The Balaban J connectivity index is 2.30. The molecular weight excluding hydrogens is 349 g/mol. The van der Waals surface area contributed by atoms with E-state index in [4.69, 9.17) is 23.2 Å². The quantitative estimate of drug-likeness (QED) is 0.757. The standard InChI is InChI=1S/C13H12BrCl2N3/c1-2-4-11-18-10(14)7-12(19-11)17-9-6-3-5-8(15)13(9)16/h3,5-7H,2,4H2,1H3,(H,17,18,19). The van der Waals surface area contributed by atoms with Gasteiger partial charge in [0.1, 0.15) is 16.2 Å². The van der Waals surface area contributed by atoms with Gasteiger partial charge in [-0.15, -0.1) is 0 Å². The monoisotopic (exact) mass is 359 g/mol. The van der Waals surface area contributed by atoms with Crippen molar-refractivity contribution in [2.45, 2.75) is 19.8 Å². The summed E-state index contributed by atoms with van der Waals surface area (Å²) in [7, 11) is 0. The number of nitrogens with one attached hydrogen (secondary N) is 1. The highest BCUT2D eigenvalue weighted by molar-refractivity contribution is 9.10. The van der Waals surface area contributed by atoms with Gasteiger partial charge in [0.05, 0.1) is 15.7 Å². The van der Waals surface area contributed by atoms with Gasteiger partial charge in [0.15, 0.2) is 0 Å². The fourth-order valence-electron chi connectivity index (χ4n) is 1.60. The third-order valence-corrected chi connectivity index (χ3v) is 3.65. The molecule has 0 bridgehead atoms. The molecule has 19 heavy (non-hydrogen) atoms. The lowest BCUT2D eigenvalue weighted by Crippen LogP contribution is -2.01. The van der Waals surface area contributed by atoms with E-state index in [-0.39, 0.29) is 0 Å². The summed E-state index contributed by atoms with van der Waals surface area (Å²) in [4.78, 5) is 8.75. The summed E-state index contributed by atoms with van der Waals surface area (Å²) < 4.78 is 0.742. The highest BCUT2D eigenvalue weighted by atomic mass is 79.9. The zero-order valence-corrected chi connectivity index (χ0v) is 13.3. The summed E-state index contributed by atoms with van der Waals surface area (Å²) in [5, 5.41) is 4.15. The third kappa shape index (κ3) is 3.81. The van der Waals surface area contributed by atoms with Gasteiger partial charge in [-0.3, -0.25) is 0 Å². The smallest absolute Gasteiger partial charge is 0.135 e. The molecule has 2 rings (SSSR count). The number of hydrogen-bond acceptors (Lipinski definition) is 3. The summed E-state index contributed by atoms with van der Waals surface area (Å²) >= 11 is 15.5. The molecular formula is C13H12BrCl2N3. The number of anilines is 2. The minimum Gasteiger partial charge on any atom is -0.339 e. The molecule has 0 saturated heterocycles. The van der Waals surface area contributed by atoms with Crippen LogP contribution in [0.15, 0.2) is 28.9 Å². The predicted molar refractivity (Wildman–Crippen MR) is 83.5 cm³/mol. The van der Waals surface area contributed by atoms with Crippen LogP contribution in [-0.4, -0.2) is 9.97 Å². The summed E-state index contributed by atoms with van der Waals surface area (Å²) in [5.41, 5.74) is 0.724. The van der Waals surface area contributed by atoms with Crippen molar-refractivity contribution in [2.75, 3.05) is 5.32 Å². The predicted octanol–water partition coefficient (Wildman–Crippen LogP) is 5.24. The first-order valence-corrected chi connectivity index (χ1v) is 7.39. The SMILES string of the molecule is CCCc1nc(Br)cc(Nc2cccc(Cl)c2Cl)n1. The molecule has 1 aromatic carbocycles. The van der Waals surface area contributed by atoms with Crippen LogP contribution >= 0.6 is 39.1 Å². The second kappa shape index (κ2) is 6.55. The fraction of sp³-hybridized carbons (Fsp3) is 0.231. The molecule has 0 unspecified atom stereocenters. The topological polar surface area (TPSA) is 37.8 Å². The molecule has 0 fully saturated rings. The second-order valence-electron chi connectivity index (χ2n) is 3.97. The van der Waals surface area contributed by atoms with Gasteiger partial charge in [0.25, 0.3) is 0 Å². The van der Waals surface area contributed by atoms with Crippen molar-refractivity contribution in [1.82, 2.24) is 9.97 Å². The lowest BCUT2D eigenvalue weighted by atomic mass is 10.3. The van der Waals surface area contributed by atoms with E-state index in [0.717, 1.165) is 29.0 Å². The molecule has 0 amide bonds. The lowest BCUT2D eigenvalue weighted by Gasteiger charge is -2.10. The Morgan fingerprint density at radius 1 is 1.26 bits per heavy atom. The number of benzene rings is 1. The largest absolute Gasteiger partial charge is 0.339 e. The van der Waals surface area contributed by atoms with Crippen LogP contribution in [0.2, 0.25) is 10.0 Å². The molecule has 1 heterocycles. The van der Waals surface area contributed by atoms with Crippen LogP contribution < -0.4 is 5.32 Å². The Morgan fingerprint density at radius 2 is 2.05 bits per heavy atom. The van der Waals surface area contributed by atoms with E-state index in [0.29, 0.717) is 15.9 Å². The van der Waals surface area contributed by atoms with E-state index in [9.17, 15) is 0 Å². The molecule has 1 aromatic heterocycles. The molecule has 0 radical (unpaired) electrons. The minimum atomic E-state index is 0.482.